The molecule has 0 aliphatic carbocycles. The van der Waals surface area contributed by atoms with Crippen LogP contribution in [0.4, 0.5) is 10.6 Å². The summed E-state index contributed by atoms with van der Waals surface area (Å²) in [6.07, 6.45) is 3.52. The molecule has 2 radical (unpaired) electrons. The number of likely N-dealkylation sites (tertiary alicyclic amines) is 1. The number of rotatable bonds is 6. The van der Waals surface area contributed by atoms with Crippen LogP contribution in [0.2, 0.25) is 15.1 Å². The molecule has 2 aromatic carbocycles. The molecule has 4 aromatic rings. The minimum Gasteiger partial charge on any atom is -0.370 e. The number of nitrogens with zero attached hydrogens (tertiary/aromatic N) is 4. The maximum Gasteiger partial charge on any atom is 0.317 e. The summed E-state index contributed by atoms with van der Waals surface area (Å²) in [5.41, 5.74) is 3.39. The average molecular weight is 554 g/mol. The van der Waals surface area contributed by atoms with Gasteiger partial charge in [-0.05, 0) is 48.0 Å². The minimum absolute atomic E-state index is 0.108. The summed E-state index contributed by atoms with van der Waals surface area (Å²) < 4.78 is 1.69. The summed E-state index contributed by atoms with van der Waals surface area (Å²) in [5, 5.41) is 12.6. The lowest BCUT2D eigenvalue weighted by atomic mass is 9.98. The highest BCUT2D eigenvalue weighted by atomic mass is 35.5. The summed E-state index contributed by atoms with van der Waals surface area (Å²) in [6.45, 7) is 2.35. The second-order valence-electron chi connectivity index (χ2n) is 9.07. The summed E-state index contributed by atoms with van der Waals surface area (Å²) in [5.74, 6) is 1.02. The number of carbonyl (C=O) groups is 1. The molecule has 3 heterocycles. The van der Waals surface area contributed by atoms with Gasteiger partial charge in [-0.3, -0.25) is 0 Å². The van der Waals surface area contributed by atoms with Gasteiger partial charge in [0.05, 0.1) is 5.69 Å². The molecule has 1 saturated heterocycles. The molecule has 5 rings (SSSR count). The van der Waals surface area contributed by atoms with Crippen LogP contribution in [0.15, 0.2) is 54.7 Å². The van der Waals surface area contributed by atoms with Gasteiger partial charge in [-0.25, -0.2) is 9.78 Å². The fourth-order valence-electron chi connectivity index (χ4n) is 4.53. The van der Waals surface area contributed by atoms with E-state index in [0.717, 1.165) is 29.8 Å². The van der Waals surface area contributed by atoms with Crippen molar-refractivity contribution >= 4 is 65.6 Å². The molecule has 1 fully saturated rings. The number of carbonyl (C=O) groups excluding carboxylic acids is 1. The van der Waals surface area contributed by atoms with Crippen molar-refractivity contribution in [3.63, 3.8) is 0 Å². The Bertz CT molecular complexity index is 1450. The summed E-state index contributed by atoms with van der Waals surface area (Å²) in [6, 6.07) is 14.6. The number of aromatic nitrogens is 3. The zero-order valence-electron chi connectivity index (χ0n) is 19.9. The molecule has 1 aliphatic rings. The van der Waals surface area contributed by atoms with Crippen LogP contribution in [0.5, 0.6) is 0 Å². The van der Waals surface area contributed by atoms with Gasteiger partial charge in [0.1, 0.15) is 13.7 Å². The van der Waals surface area contributed by atoms with Crippen molar-refractivity contribution in [3.05, 3.63) is 75.4 Å². The fourth-order valence-corrected chi connectivity index (χ4v) is 5.23. The number of hydrogen-bond acceptors (Lipinski definition) is 4. The van der Waals surface area contributed by atoms with Crippen LogP contribution in [0.25, 0.3) is 16.9 Å². The van der Waals surface area contributed by atoms with Crippen molar-refractivity contribution in [2.24, 2.45) is 5.92 Å². The Morgan fingerprint density at radius 2 is 1.95 bits per heavy atom. The largest absolute Gasteiger partial charge is 0.370 e. The van der Waals surface area contributed by atoms with E-state index in [-0.39, 0.29) is 11.9 Å². The fraction of sp³-hybridized carbons (Fsp3) is 0.269. The minimum atomic E-state index is -0.108. The second kappa shape index (κ2) is 11.2. The van der Waals surface area contributed by atoms with E-state index in [1.807, 2.05) is 41.3 Å². The first kappa shape index (κ1) is 25.7. The molecule has 0 bridgehead atoms. The molecule has 11 heteroatoms. The molecule has 37 heavy (non-hydrogen) atoms. The van der Waals surface area contributed by atoms with Gasteiger partial charge < -0.3 is 15.5 Å². The van der Waals surface area contributed by atoms with Crippen LogP contribution in [-0.4, -0.2) is 53.0 Å². The van der Waals surface area contributed by atoms with Crippen molar-refractivity contribution < 1.29 is 4.79 Å². The van der Waals surface area contributed by atoms with E-state index >= 15 is 0 Å². The van der Waals surface area contributed by atoms with E-state index in [1.165, 1.54) is 0 Å². The van der Waals surface area contributed by atoms with Crippen LogP contribution in [0.3, 0.4) is 0 Å². The Morgan fingerprint density at radius 1 is 1.11 bits per heavy atom. The van der Waals surface area contributed by atoms with Crippen LogP contribution >= 0.6 is 34.8 Å². The van der Waals surface area contributed by atoms with Crippen molar-refractivity contribution in [1.82, 2.24) is 24.8 Å². The molecule has 0 spiro atoms. The lowest BCUT2D eigenvalue weighted by Gasteiger charge is -2.33. The van der Waals surface area contributed by atoms with E-state index in [9.17, 15) is 4.79 Å². The lowest BCUT2D eigenvalue weighted by molar-refractivity contribution is 0.168. The van der Waals surface area contributed by atoms with E-state index in [1.54, 1.807) is 22.8 Å². The van der Waals surface area contributed by atoms with Crippen molar-refractivity contribution in [3.8, 4) is 11.3 Å². The van der Waals surface area contributed by atoms with Crippen LogP contribution in [0.1, 0.15) is 18.4 Å². The number of hydrogen-bond donors (Lipinski definition) is 2. The van der Waals surface area contributed by atoms with Crippen molar-refractivity contribution in [2.75, 3.05) is 25.0 Å². The normalized spacial score (nSPS) is 15.6. The number of amides is 2. The van der Waals surface area contributed by atoms with Gasteiger partial charge in [-0.15, -0.1) is 0 Å². The third-order valence-electron chi connectivity index (χ3n) is 6.47. The van der Waals surface area contributed by atoms with E-state index in [0.29, 0.717) is 58.1 Å². The SMILES string of the molecule is [B]c1cnn2c(NCC3CCCN(C(=O)NCc4ccc(Cl)cc4Cl)C3)cc(-c3ccccc3Cl)nc12. The molecular weight excluding hydrogens is 529 g/mol. The molecule has 188 valence electrons. The van der Waals surface area contributed by atoms with Crippen LogP contribution in [0, 0.1) is 5.92 Å². The van der Waals surface area contributed by atoms with Gasteiger partial charge in [0.25, 0.3) is 0 Å². The molecule has 2 amide bonds. The van der Waals surface area contributed by atoms with Gasteiger partial charge in [-0.1, -0.05) is 59.1 Å². The molecule has 2 N–H and O–H groups in total. The summed E-state index contributed by atoms with van der Waals surface area (Å²) in [4.78, 5) is 19.4. The van der Waals surface area contributed by atoms with Crippen LogP contribution < -0.4 is 16.1 Å². The molecule has 1 aliphatic heterocycles. The quantitative estimate of drug-likeness (QED) is 0.323. The van der Waals surface area contributed by atoms with Gasteiger partial charge >= 0.3 is 6.03 Å². The number of piperidine rings is 1. The monoisotopic (exact) mass is 552 g/mol. The average Bonchev–Trinajstić information content (AvgIpc) is 3.27. The Morgan fingerprint density at radius 3 is 2.76 bits per heavy atom. The van der Waals surface area contributed by atoms with Crippen molar-refractivity contribution in [1.29, 1.82) is 0 Å². The third-order valence-corrected chi connectivity index (χ3v) is 7.39. The highest BCUT2D eigenvalue weighted by Gasteiger charge is 2.24. The Labute approximate surface area is 231 Å². The number of halogens is 3. The van der Waals surface area contributed by atoms with Gasteiger partial charge in [-0.2, -0.15) is 9.61 Å². The smallest absolute Gasteiger partial charge is 0.317 e. The van der Waals surface area contributed by atoms with Crippen molar-refractivity contribution in [2.45, 2.75) is 19.4 Å². The first-order chi connectivity index (χ1) is 17.9. The summed E-state index contributed by atoms with van der Waals surface area (Å²) >= 11 is 18.6. The zero-order chi connectivity index (χ0) is 25.9. The molecule has 2 aromatic heterocycles. The second-order valence-corrected chi connectivity index (χ2v) is 10.3. The highest BCUT2D eigenvalue weighted by Crippen LogP contribution is 2.28. The van der Waals surface area contributed by atoms with Gasteiger partial charge in [0.2, 0.25) is 0 Å². The molecule has 1 atom stereocenters. The van der Waals surface area contributed by atoms with Gasteiger partial charge in [0, 0.05) is 59.1 Å². The van der Waals surface area contributed by atoms with E-state index in [4.69, 9.17) is 42.6 Å². The third kappa shape index (κ3) is 5.82. The first-order valence-electron chi connectivity index (χ1n) is 12.0. The Hall–Kier alpha value is -2.94. The molecule has 7 nitrogen and oxygen atoms in total. The zero-order valence-corrected chi connectivity index (χ0v) is 22.2. The number of benzene rings is 2. The first-order valence-corrected chi connectivity index (χ1v) is 13.1. The number of fused-ring (bicyclic) bond motifs is 1. The highest BCUT2D eigenvalue weighted by molar-refractivity contribution is 6.36. The molecule has 1 unspecified atom stereocenters. The number of anilines is 1. The maximum absolute atomic E-state index is 12.9. The Balaban J connectivity index is 1.26. The van der Waals surface area contributed by atoms with E-state index < -0.39 is 0 Å². The number of nitrogens with one attached hydrogen (secondary N) is 2. The topological polar surface area (TPSA) is 74.6 Å². The van der Waals surface area contributed by atoms with Gasteiger partial charge in [0.15, 0.2) is 5.65 Å². The number of urea groups is 1. The lowest BCUT2D eigenvalue weighted by Crippen LogP contribution is -2.46. The Kier molecular flexibility index (Phi) is 7.79. The molecular formula is C26H24BCl3N6O. The molecule has 0 saturated carbocycles. The maximum atomic E-state index is 12.9. The van der Waals surface area contributed by atoms with Crippen LogP contribution in [-0.2, 0) is 6.54 Å². The standard InChI is InChI=1S/C26H24BCl3N6O/c27-20-14-33-36-24(11-23(34-25(20)36)19-5-1-2-6-21(19)29)31-12-16-4-3-9-35(15-16)26(37)32-13-17-7-8-18(28)10-22(17)30/h1-2,5-8,10-11,14,16,31H,3-4,9,12-13,15H2,(H,32,37). The predicted molar refractivity (Wildman–Crippen MR) is 150 cm³/mol. The van der Waals surface area contributed by atoms with E-state index in [2.05, 4.69) is 20.7 Å². The predicted octanol–water partition coefficient (Wildman–Crippen LogP) is 5.18. The summed E-state index contributed by atoms with van der Waals surface area (Å²) in [7, 11) is 6.14.